The molecule has 0 N–H and O–H groups in total. The maximum atomic E-state index is 3.98. The highest BCUT2D eigenvalue weighted by molar-refractivity contribution is 4.87. The molecule has 0 amide bonds. The van der Waals surface area contributed by atoms with Crippen LogP contribution in [0.3, 0.4) is 0 Å². The Kier molecular flexibility index (Phi) is 12.3. The minimum Gasteiger partial charge on any atom is -0.100 e. The van der Waals surface area contributed by atoms with Gasteiger partial charge in [-0.2, -0.15) is 0 Å². The molecule has 0 fully saturated rings. The van der Waals surface area contributed by atoms with Gasteiger partial charge < -0.3 is 0 Å². The van der Waals surface area contributed by atoms with Crippen molar-refractivity contribution in [1.82, 2.24) is 0 Å². The summed E-state index contributed by atoms with van der Waals surface area (Å²) in [4.78, 5) is 0. The van der Waals surface area contributed by atoms with Crippen molar-refractivity contribution >= 4 is 0 Å². The second-order valence-electron chi connectivity index (χ2n) is 7.32. The first kappa shape index (κ1) is 19.7. The van der Waals surface area contributed by atoms with E-state index in [4.69, 9.17) is 0 Å². The molecule has 0 aromatic heterocycles. The minimum atomic E-state index is 0.815. The summed E-state index contributed by atoms with van der Waals surface area (Å²) in [6, 6.07) is 0. The van der Waals surface area contributed by atoms with Crippen molar-refractivity contribution in [2.45, 2.75) is 91.9 Å². The Hall–Kier alpha value is -0.260. The third-order valence-corrected chi connectivity index (χ3v) is 4.58. The Balaban J connectivity index is 3.45. The van der Waals surface area contributed by atoms with Gasteiger partial charge in [0.2, 0.25) is 0 Å². The van der Waals surface area contributed by atoms with Crippen LogP contribution in [0.4, 0.5) is 0 Å². The molecular formula is C20H39. The Labute approximate surface area is 129 Å². The van der Waals surface area contributed by atoms with Crippen molar-refractivity contribution in [1.29, 1.82) is 0 Å². The molecule has 0 bridgehead atoms. The van der Waals surface area contributed by atoms with Crippen molar-refractivity contribution in [2.75, 3.05) is 0 Å². The van der Waals surface area contributed by atoms with Crippen LogP contribution in [0.5, 0.6) is 0 Å². The van der Waals surface area contributed by atoms with E-state index in [1.807, 2.05) is 0 Å². The van der Waals surface area contributed by atoms with Crippen molar-refractivity contribution in [2.24, 2.45) is 17.8 Å². The van der Waals surface area contributed by atoms with Crippen LogP contribution in [0.25, 0.3) is 0 Å². The first-order valence-electron chi connectivity index (χ1n) is 8.89. The lowest BCUT2D eigenvalue weighted by Crippen LogP contribution is -2.00. The molecular weight excluding hydrogens is 240 g/mol. The van der Waals surface area contributed by atoms with Crippen molar-refractivity contribution < 1.29 is 0 Å². The van der Waals surface area contributed by atoms with E-state index >= 15 is 0 Å². The van der Waals surface area contributed by atoms with Crippen molar-refractivity contribution in [3.05, 3.63) is 19.1 Å². The molecule has 0 heteroatoms. The predicted octanol–water partition coefficient (Wildman–Crippen LogP) is 7.21. The summed E-state index contributed by atoms with van der Waals surface area (Å²) >= 11 is 0. The molecule has 3 unspecified atom stereocenters. The molecule has 119 valence electrons. The summed E-state index contributed by atoms with van der Waals surface area (Å²) in [5.74, 6) is 2.62. The van der Waals surface area contributed by atoms with Gasteiger partial charge in [0.25, 0.3) is 0 Å². The lowest BCUT2D eigenvalue weighted by atomic mass is 9.91. The molecule has 0 rings (SSSR count). The fraction of sp³-hybridized carbons (Fsp3) is 0.850. The van der Waals surface area contributed by atoms with E-state index in [0.29, 0.717) is 0 Å². The monoisotopic (exact) mass is 279 g/mol. The Morgan fingerprint density at radius 3 is 1.55 bits per heavy atom. The van der Waals surface area contributed by atoms with E-state index in [1.54, 1.807) is 0 Å². The summed E-state index contributed by atoms with van der Waals surface area (Å²) in [6.45, 7) is 17.3. The van der Waals surface area contributed by atoms with Crippen LogP contribution in [0.15, 0.2) is 12.2 Å². The first-order valence-corrected chi connectivity index (χ1v) is 8.89. The van der Waals surface area contributed by atoms with Crippen LogP contribution in [-0.2, 0) is 0 Å². The Morgan fingerprint density at radius 2 is 1.15 bits per heavy atom. The van der Waals surface area contributed by atoms with Gasteiger partial charge in [0.05, 0.1) is 0 Å². The summed E-state index contributed by atoms with van der Waals surface area (Å²) in [6.07, 6.45) is 13.4. The summed E-state index contributed by atoms with van der Waals surface area (Å²) in [5, 5.41) is 0. The standard InChI is InChI=1S/C20H39/c1-7-18(4)12-9-14-20(6)16-10-15-19(5)13-8-11-17(2)3/h18-20H,1-2,7-16H2,3-6H3. The van der Waals surface area contributed by atoms with Crippen LogP contribution in [0, 0.1) is 24.7 Å². The number of allylic oxidation sites excluding steroid dienone is 1. The number of hydrogen-bond donors (Lipinski definition) is 0. The SMILES string of the molecule is [CH2]CC(C)CCCC(C)CCCC(C)CCCC(=C)C. The molecule has 1 radical (unpaired) electrons. The van der Waals surface area contributed by atoms with E-state index < -0.39 is 0 Å². The normalized spacial score (nSPS) is 15.8. The molecule has 20 heavy (non-hydrogen) atoms. The second kappa shape index (κ2) is 12.5. The largest absolute Gasteiger partial charge is 0.100 e. The van der Waals surface area contributed by atoms with Crippen molar-refractivity contribution in [3.8, 4) is 0 Å². The fourth-order valence-corrected chi connectivity index (χ4v) is 2.81. The molecule has 0 heterocycles. The van der Waals surface area contributed by atoms with Crippen LogP contribution < -0.4 is 0 Å². The van der Waals surface area contributed by atoms with E-state index in [0.717, 1.165) is 24.2 Å². The third-order valence-electron chi connectivity index (χ3n) is 4.58. The Bertz CT molecular complexity index is 228. The van der Waals surface area contributed by atoms with Gasteiger partial charge in [0.15, 0.2) is 0 Å². The molecule has 0 saturated heterocycles. The molecule has 0 aliphatic heterocycles. The fourth-order valence-electron chi connectivity index (χ4n) is 2.81. The summed E-state index contributed by atoms with van der Waals surface area (Å²) in [5.41, 5.74) is 1.34. The van der Waals surface area contributed by atoms with E-state index in [2.05, 4.69) is 41.2 Å². The number of rotatable bonds is 13. The van der Waals surface area contributed by atoms with Gasteiger partial charge in [-0.25, -0.2) is 0 Å². The highest BCUT2D eigenvalue weighted by Gasteiger charge is 2.07. The zero-order valence-corrected chi connectivity index (χ0v) is 14.7. The molecule has 0 nitrogen and oxygen atoms in total. The highest BCUT2D eigenvalue weighted by Crippen LogP contribution is 2.22. The van der Waals surface area contributed by atoms with Crippen molar-refractivity contribution in [3.63, 3.8) is 0 Å². The maximum absolute atomic E-state index is 3.98. The molecule has 0 aliphatic rings. The van der Waals surface area contributed by atoms with Gasteiger partial charge in [0, 0.05) is 0 Å². The van der Waals surface area contributed by atoms with Crippen LogP contribution in [0.2, 0.25) is 0 Å². The van der Waals surface area contributed by atoms with Gasteiger partial charge in [-0.3, -0.25) is 0 Å². The molecule has 0 aromatic carbocycles. The van der Waals surface area contributed by atoms with Gasteiger partial charge in [0.1, 0.15) is 0 Å². The van der Waals surface area contributed by atoms with Gasteiger partial charge in [-0.1, -0.05) is 84.6 Å². The smallest absolute Gasteiger partial charge is 0.0326 e. The first-order chi connectivity index (χ1) is 9.45. The van der Waals surface area contributed by atoms with Crippen LogP contribution in [-0.4, -0.2) is 0 Å². The molecule has 0 saturated carbocycles. The molecule has 0 aromatic rings. The zero-order valence-electron chi connectivity index (χ0n) is 14.7. The Morgan fingerprint density at radius 1 is 0.750 bits per heavy atom. The summed E-state index contributed by atoms with van der Waals surface area (Å²) < 4.78 is 0. The van der Waals surface area contributed by atoms with Crippen LogP contribution in [0.1, 0.15) is 91.9 Å². The van der Waals surface area contributed by atoms with Gasteiger partial charge in [-0.05, 0) is 37.5 Å². The predicted molar refractivity (Wildman–Crippen MR) is 93.8 cm³/mol. The molecule has 3 atom stereocenters. The average Bonchev–Trinajstić information content (AvgIpc) is 2.38. The topological polar surface area (TPSA) is 0 Å². The number of hydrogen-bond acceptors (Lipinski definition) is 0. The van der Waals surface area contributed by atoms with E-state index in [-0.39, 0.29) is 0 Å². The van der Waals surface area contributed by atoms with Gasteiger partial charge >= 0.3 is 0 Å². The average molecular weight is 280 g/mol. The maximum Gasteiger partial charge on any atom is -0.0326 e. The van der Waals surface area contributed by atoms with E-state index in [9.17, 15) is 0 Å². The second-order valence-corrected chi connectivity index (χ2v) is 7.32. The lowest BCUT2D eigenvalue weighted by Gasteiger charge is -2.15. The summed E-state index contributed by atoms with van der Waals surface area (Å²) in [7, 11) is 0. The minimum absolute atomic E-state index is 0.815. The quantitative estimate of drug-likeness (QED) is 0.312. The van der Waals surface area contributed by atoms with Gasteiger partial charge in [-0.15, -0.1) is 6.58 Å². The lowest BCUT2D eigenvalue weighted by molar-refractivity contribution is 0.385. The zero-order chi connectivity index (χ0) is 15.4. The third kappa shape index (κ3) is 12.8. The van der Waals surface area contributed by atoms with E-state index in [1.165, 1.54) is 63.4 Å². The molecule has 0 spiro atoms. The molecule has 0 aliphatic carbocycles. The van der Waals surface area contributed by atoms with Crippen LogP contribution >= 0.6 is 0 Å². The highest BCUT2D eigenvalue weighted by atomic mass is 14.1.